The van der Waals surface area contributed by atoms with Crippen LogP contribution in [0.25, 0.3) is 11.0 Å². The van der Waals surface area contributed by atoms with Crippen LogP contribution in [0, 0.1) is 11.3 Å². The van der Waals surface area contributed by atoms with Crippen LogP contribution in [-0.4, -0.2) is 33.0 Å². The maximum absolute atomic E-state index is 12.7. The minimum atomic E-state index is -0.366. The minimum Gasteiger partial charge on any atom is -0.342 e. The lowest BCUT2D eigenvalue weighted by molar-refractivity contribution is -0.141. The number of fused-ring (bicyclic) bond motifs is 1. The van der Waals surface area contributed by atoms with Crippen LogP contribution >= 0.6 is 11.6 Å². The van der Waals surface area contributed by atoms with Crippen LogP contribution in [0.2, 0.25) is 5.02 Å². The van der Waals surface area contributed by atoms with Gasteiger partial charge in [-0.25, -0.2) is 4.79 Å². The van der Waals surface area contributed by atoms with Crippen LogP contribution in [0.1, 0.15) is 33.6 Å². The fraction of sp³-hybridized carbons (Fsp3) is 0.579. The summed E-state index contributed by atoms with van der Waals surface area (Å²) in [6.07, 6.45) is 2.02. The van der Waals surface area contributed by atoms with Gasteiger partial charge in [0.2, 0.25) is 5.91 Å². The molecule has 3 rings (SSSR count). The van der Waals surface area contributed by atoms with Crippen molar-refractivity contribution < 1.29 is 4.79 Å². The van der Waals surface area contributed by atoms with E-state index in [1.54, 1.807) is 11.6 Å². The summed E-state index contributed by atoms with van der Waals surface area (Å²) in [6.45, 7) is 8.03. The second kappa shape index (κ2) is 6.52. The zero-order valence-corrected chi connectivity index (χ0v) is 16.1. The second-order valence-electron chi connectivity index (χ2n) is 8.09. The summed E-state index contributed by atoms with van der Waals surface area (Å²) < 4.78 is 3.46. The number of piperidine rings is 1. The lowest BCUT2D eigenvalue weighted by Crippen LogP contribution is -2.46. The number of nitrogens with zero attached hydrogens (tertiary/aromatic N) is 3. The van der Waals surface area contributed by atoms with Gasteiger partial charge in [-0.05, 0) is 37.0 Å². The van der Waals surface area contributed by atoms with Gasteiger partial charge in [-0.1, -0.05) is 32.4 Å². The van der Waals surface area contributed by atoms with Gasteiger partial charge in [0, 0.05) is 37.1 Å². The molecule has 0 spiro atoms. The molecular weight excluding hydrogens is 338 g/mol. The number of aryl methyl sites for hydroxylation is 1. The lowest BCUT2D eigenvalue weighted by Gasteiger charge is -2.36. The number of carbonyl (C=O) groups excluding carboxylic acids is 1. The Morgan fingerprint density at radius 3 is 2.68 bits per heavy atom. The Balaban J connectivity index is 1.85. The predicted octanol–water partition coefficient (Wildman–Crippen LogP) is 3.28. The van der Waals surface area contributed by atoms with Gasteiger partial charge in [-0.15, -0.1) is 0 Å². The highest BCUT2D eigenvalue weighted by Crippen LogP contribution is 2.25. The molecule has 1 aliphatic rings. The molecule has 0 aliphatic carbocycles. The van der Waals surface area contributed by atoms with E-state index in [4.69, 9.17) is 11.6 Å². The molecule has 0 N–H and O–H groups in total. The molecule has 1 atom stereocenters. The monoisotopic (exact) mass is 363 g/mol. The Morgan fingerprint density at radius 2 is 2.00 bits per heavy atom. The van der Waals surface area contributed by atoms with Gasteiger partial charge >= 0.3 is 5.69 Å². The molecule has 1 unspecified atom stereocenters. The predicted molar refractivity (Wildman–Crippen MR) is 101 cm³/mol. The standard InChI is InChI=1S/C19H26ClN3O2/c1-19(2,3)17(24)22-9-5-6-13(11-22)12-23-15-8-7-14(20)10-16(15)21(4)18(23)25/h7-8,10,13H,5-6,9,11-12H2,1-4H3. The van der Waals surface area contributed by atoms with Crippen molar-refractivity contribution in [2.75, 3.05) is 13.1 Å². The SMILES string of the molecule is Cn1c(=O)n(CC2CCCN(C(=O)C(C)(C)C)C2)c2ccc(Cl)cc21. The number of hydrogen-bond acceptors (Lipinski definition) is 2. The van der Waals surface area contributed by atoms with Crippen LogP contribution < -0.4 is 5.69 Å². The molecule has 1 aromatic carbocycles. The van der Waals surface area contributed by atoms with Gasteiger partial charge in [-0.2, -0.15) is 0 Å². The van der Waals surface area contributed by atoms with E-state index < -0.39 is 0 Å². The molecule has 1 amide bonds. The number of imidazole rings is 1. The van der Waals surface area contributed by atoms with Crippen LogP contribution in [0.15, 0.2) is 23.0 Å². The molecule has 25 heavy (non-hydrogen) atoms. The largest absolute Gasteiger partial charge is 0.342 e. The van der Waals surface area contributed by atoms with Crippen LogP contribution in [0.5, 0.6) is 0 Å². The number of likely N-dealkylation sites (tertiary alicyclic amines) is 1. The molecule has 1 aromatic heterocycles. The molecule has 1 fully saturated rings. The molecule has 0 saturated carbocycles. The number of aromatic nitrogens is 2. The van der Waals surface area contributed by atoms with Crippen molar-refractivity contribution in [2.45, 2.75) is 40.2 Å². The van der Waals surface area contributed by atoms with Gasteiger partial charge in [0.25, 0.3) is 0 Å². The van der Waals surface area contributed by atoms with Crippen molar-refractivity contribution in [2.24, 2.45) is 18.4 Å². The van der Waals surface area contributed by atoms with Crippen molar-refractivity contribution in [3.63, 3.8) is 0 Å². The third-order valence-electron chi connectivity index (χ3n) is 5.00. The number of rotatable bonds is 2. The third kappa shape index (κ3) is 3.47. The first-order valence-corrected chi connectivity index (χ1v) is 9.20. The smallest absolute Gasteiger partial charge is 0.328 e. The van der Waals surface area contributed by atoms with E-state index in [1.807, 2.05) is 48.4 Å². The number of amides is 1. The molecule has 0 radical (unpaired) electrons. The summed E-state index contributed by atoms with van der Waals surface area (Å²) >= 11 is 6.07. The number of halogens is 1. The summed E-state index contributed by atoms with van der Waals surface area (Å²) in [5, 5.41) is 0.625. The zero-order valence-electron chi connectivity index (χ0n) is 15.4. The lowest BCUT2D eigenvalue weighted by atomic mass is 9.91. The Bertz CT molecular complexity index is 860. The highest BCUT2D eigenvalue weighted by Gasteiger charge is 2.31. The first kappa shape index (κ1) is 18.1. The van der Waals surface area contributed by atoms with Crippen molar-refractivity contribution in [3.05, 3.63) is 33.7 Å². The van der Waals surface area contributed by atoms with Gasteiger partial charge in [0.1, 0.15) is 0 Å². The van der Waals surface area contributed by atoms with Crippen molar-refractivity contribution in [3.8, 4) is 0 Å². The fourth-order valence-electron chi connectivity index (χ4n) is 3.69. The van der Waals surface area contributed by atoms with Gasteiger partial charge in [-0.3, -0.25) is 13.9 Å². The number of carbonyl (C=O) groups is 1. The average Bonchev–Trinajstić information content (AvgIpc) is 2.78. The molecule has 1 aliphatic heterocycles. The van der Waals surface area contributed by atoms with E-state index >= 15 is 0 Å². The van der Waals surface area contributed by atoms with Crippen LogP contribution in [-0.2, 0) is 18.4 Å². The summed E-state index contributed by atoms with van der Waals surface area (Å²) in [6, 6.07) is 5.54. The quantitative estimate of drug-likeness (QED) is 0.822. The first-order chi connectivity index (χ1) is 11.7. The minimum absolute atomic E-state index is 0.0310. The Kier molecular flexibility index (Phi) is 4.71. The highest BCUT2D eigenvalue weighted by atomic mass is 35.5. The summed E-state index contributed by atoms with van der Waals surface area (Å²) in [5.74, 6) is 0.480. The average molecular weight is 364 g/mol. The molecule has 2 aromatic rings. The van der Waals surface area contributed by atoms with Gasteiger partial charge < -0.3 is 4.90 Å². The first-order valence-electron chi connectivity index (χ1n) is 8.82. The van der Waals surface area contributed by atoms with Crippen molar-refractivity contribution >= 4 is 28.5 Å². The van der Waals surface area contributed by atoms with Crippen molar-refractivity contribution in [1.29, 1.82) is 0 Å². The van der Waals surface area contributed by atoms with Gasteiger partial charge in [0.05, 0.1) is 11.0 Å². The maximum atomic E-state index is 12.7. The topological polar surface area (TPSA) is 47.2 Å². The number of benzene rings is 1. The van der Waals surface area contributed by atoms with Gasteiger partial charge in [0.15, 0.2) is 0 Å². The summed E-state index contributed by atoms with van der Waals surface area (Å²) in [4.78, 5) is 27.2. The fourth-order valence-corrected chi connectivity index (χ4v) is 3.85. The zero-order chi connectivity index (χ0) is 18.4. The normalized spacial score (nSPS) is 18.8. The Morgan fingerprint density at radius 1 is 1.28 bits per heavy atom. The third-order valence-corrected chi connectivity index (χ3v) is 5.23. The second-order valence-corrected chi connectivity index (χ2v) is 8.53. The Hall–Kier alpha value is -1.75. The van der Waals surface area contributed by atoms with E-state index in [-0.39, 0.29) is 17.0 Å². The molecular formula is C19H26ClN3O2. The molecule has 1 saturated heterocycles. The van der Waals surface area contributed by atoms with Crippen molar-refractivity contribution in [1.82, 2.24) is 14.0 Å². The molecule has 6 heteroatoms. The molecule has 0 bridgehead atoms. The highest BCUT2D eigenvalue weighted by molar-refractivity contribution is 6.31. The van der Waals surface area contributed by atoms with E-state index in [9.17, 15) is 9.59 Å². The molecule has 5 nitrogen and oxygen atoms in total. The van der Waals surface area contributed by atoms with E-state index in [1.165, 1.54) is 0 Å². The van der Waals surface area contributed by atoms with E-state index in [0.717, 1.165) is 30.4 Å². The van der Waals surface area contributed by atoms with E-state index in [0.29, 0.717) is 24.0 Å². The molecule has 136 valence electrons. The number of hydrogen-bond donors (Lipinski definition) is 0. The van der Waals surface area contributed by atoms with E-state index in [2.05, 4.69) is 0 Å². The molecule has 2 heterocycles. The Labute approximate surface area is 153 Å². The summed E-state index contributed by atoms with van der Waals surface area (Å²) in [5.41, 5.74) is 1.35. The maximum Gasteiger partial charge on any atom is 0.328 e. The summed E-state index contributed by atoms with van der Waals surface area (Å²) in [7, 11) is 1.77. The van der Waals surface area contributed by atoms with Crippen LogP contribution in [0.3, 0.4) is 0 Å². The van der Waals surface area contributed by atoms with Crippen LogP contribution in [0.4, 0.5) is 0 Å².